The molecule has 0 saturated carbocycles. The third kappa shape index (κ3) is 2.96. The number of para-hydroxylation sites is 1. The van der Waals surface area contributed by atoms with Crippen molar-refractivity contribution in [2.75, 3.05) is 18.0 Å². The summed E-state index contributed by atoms with van der Waals surface area (Å²) in [6.07, 6.45) is 6.70. The average Bonchev–Trinajstić information content (AvgIpc) is 2.46. The first-order valence-corrected chi connectivity index (χ1v) is 6.21. The van der Waals surface area contributed by atoms with Crippen molar-refractivity contribution >= 4 is 11.4 Å². The predicted octanol–water partition coefficient (Wildman–Crippen LogP) is 3.07. The van der Waals surface area contributed by atoms with Gasteiger partial charge in [-0.25, -0.2) is 0 Å². The molecule has 1 aromatic carbocycles. The molecule has 0 bridgehead atoms. The van der Waals surface area contributed by atoms with Crippen molar-refractivity contribution in [3.05, 3.63) is 59.7 Å². The molecule has 0 N–H and O–H groups in total. The summed E-state index contributed by atoms with van der Waals surface area (Å²) in [4.78, 5) is 5.53. The van der Waals surface area contributed by atoms with Crippen LogP contribution in [0.4, 0.5) is 5.69 Å². The molecule has 0 unspecified atom stereocenters. The van der Waals surface area contributed by atoms with E-state index < -0.39 is 0 Å². The van der Waals surface area contributed by atoms with Crippen LogP contribution in [0.5, 0.6) is 0 Å². The van der Waals surface area contributed by atoms with Gasteiger partial charge in [-0.3, -0.25) is 0 Å². The lowest BCUT2D eigenvalue weighted by atomic mass is 10.1. The highest BCUT2D eigenvalue weighted by Gasteiger charge is 2.11. The second-order valence-electron chi connectivity index (χ2n) is 4.26. The molecule has 0 atom stereocenters. The van der Waals surface area contributed by atoms with E-state index in [2.05, 4.69) is 47.0 Å². The van der Waals surface area contributed by atoms with Gasteiger partial charge in [0.05, 0.1) is 6.42 Å². The SMILES string of the molecule is CCN(CC1=CCC(=[N+]=[N-])C=C1)c1ccccc1. The van der Waals surface area contributed by atoms with Crippen LogP contribution in [0.15, 0.2) is 54.1 Å². The van der Waals surface area contributed by atoms with Gasteiger partial charge in [0, 0.05) is 24.9 Å². The standard InChI is InChI=1S/C15H17N3/c1-2-18(15-6-4-3-5-7-15)12-13-8-10-14(17-16)11-9-13/h3-10H,2,11-12H2,1H3. The Morgan fingerprint density at radius 1 is 1.22 bits per heavy atom. The number of rotatable bonds is 4. The zero-order chi connectivity index (χ0) is 12.8. The van der Waals surface area contributed by atoms with Gasteiger partial charge in [-0.2, -0.15) is 4.79 Å². The molecule has 0 saturated heterocycles. The molecule has 0 amide bonds. The maximum Gasteiger partial charge on any atom is 0.295 e. The Bertz CT molecular complexity index is 508. The minimum atomic E-state index is 0.703. The fourth-order valence-corrected chi connectivity index (χ4v) is 2.01. The molecule has 3 heteroatoms. The van der Waals surface area contributed by atoms with E-state index in [9.17, 15) is 0 Å². The predicted molar refractivity (Wildman–Crippen MR) is 74.8 cm³/mol. The van der Waals surface area contributed by atoms with Gasteiger partial charge in [0.2, 0.25) is 0 Å². The van der Waals surface area contributed by atoms with Crippen molar-refractivity contribution in [1.29, 1.82) is 0 Å². The fraction of sp³-hybridized carbons (Fsp3) is 0.267. The van der Waals surface area contributed by atoms with Crippen molar-refractivity contribution in [3.8, 4) is 0 Å². The Hall–Kier alpha value is -2.12. The Labute approximate surface area is 108 Å². The Balaban J connectivity index is 2.07. The van der Waals surface area contributed by atoms with Gasteiger partial charge in [-0.15, -0.1) is 0 Å². The van der Waals surface area contributed by atoms with Gasteiger partial charge in [-0.05, 0) is 24.6 Å². The van der Waals surface area contributed by atoms with E-state index >= 15 is 0 Å². The third-order valence-electron chi connectivity index (χ3n) is 3.07. The number of benzene rings is 1. The molecule has 0 aliphatic heterocycles. The molecule has 92 valence electrons. The summed E-state index contributed by atoms with van der Waals surface area (Å²) in [5.41, 5.74) is 11.9. The van der Waals surface area contributed by atoms with Crippen molar-refractivity contribution in [3.63, 3.8) is 0 Å². The van der Waals surface area contributed by atoms with Crippen LogP contribution >= 0.6 is 0 Å². The average molecular weight is 239 g/mol. The molecule has 0 heterocycles. The molecule has 1 aliphatic carbocycles. The molecule has 2 rings (SSSR count). The van der Waals surface area contributed by atoms with Crippen LogP contribution < -0.4 is 4.90 Å². The smallest absolute Gasteiger partial charge is 0.295 e. The van der Waals surface area contributed by atoms with Crippen LogP contribution in [0.2, 0.25) is 0 Å². The summed E-state index contributed by atoms with van der Waals surface area (Å²) in [7, 11) is 0. The lowest BCUT2D eigenvalue weighted by Crippen LogP contribution is -2.25. The molecular weight excluding hydrogens is 222 g/mol. The minimum absolute atomic E-state index is 0.703. The third-order valence-corrected chi connectivity index (χ3v) is 3.07. The van der Waals surface area contributed by atoms with E-state index in [0.29, 0.717) is 12.1 Å². The maximum atomic E-state index is 8.68. The molecular formula is C15H17N3. The second-order valence-corrected chi connectivity index (χ2v) is 4.26. The zero-order valence-electron chi connectivity index (χ0n) is 10.6. The number of nitrogens with zero attached hydrogens (tertiary/aromatic N) is 3. The van der Waals surface area contributed by atoms with Gasteiger partial charge in [0.1, 0.15) is 0 Å². The number of anilines is 1. The van der Waals surface area contributed by atoms with Crippen LogP contribution in [0.3, 0.4) is 0 Å². The Morgan fingerprint density at radius 3 is 2.56 bits per heavy atom. The lowest BCUT2D eigenvalue weighted by molar-refractivity contribution is -0.00540. The first-order chi connectivity index (χ1) is 8.83. The first-order valence-electron chi connectivity index (χ1n) is 6.21. The van der Waals surface area contributed by atoms with E-state index in [1.807, 2.05) is 18.2 Å². The Morgan fingerprint density at radius 2 is 2.00 bits per heavy atom. The number of likely N-dealkylation sites (N-methyl/N-ethyl adjacent to an activating group) is 1. The van der Waals surface area contributed by atoms with Crippen molar-refractivity contribution < 1.29 is 4.79 Å². The summed E-state index contributed by atoms with van der Waals surface area (Å²) >= 11 is 0. The number of hydrogen-bond acceptors (Lipinski definition) is 1. The van der Waals surface area contributed by atoms with Crippen molar-refractivity contribution in [2.24, 2.45) is 0 Å². The molecule has 0 radical (unpaired) electrons. The first kappa shape index (κ1) is 12.3. The van der Waals surface area contributed by atoms with E-state index in [0.717, 1.165) is 13.1 Å². The van der Waals surface area contributed by atoms with Gasteiger partial charge < -0.3 is 10.4 Å². The molecule has 18 heavy (non-hydrogen) atoms. The molecule has 0 aromatic heterocycles. The van der Waals surface area contributed by atoms with E-state index in [1.54, 1.807) is 0 Å². The molecule has 1 aromatic rings. The van der Waals surface area contributed by atoms with Gasteiger partial charge >= 0.3 is 0 Å². The highest BCUT2D eigenvalue weighted by molar-refractivity contribution is 5.93. The quantitative estimate of drug-likeness (QED) is 0.588. The minimum Gasteiger partial charge on any atom is -0.367 e. The summed E-state index contributed by atoms with van der Waals surface area (Å²) in [6, 6.07) is 10.4. The largest absolute Gasteiger partial charge is 0.367 e. The van der Waals surface area contributed by atoms with E-state index in [-0.39, 0.29) is 0 Å². The van der Waals surface area contributed by atoms with Crippen molar-refractivity contribution in [2.45, 2.75) is 13.3 Å². The summed E-state index contributed by atoms with van der Waals surface area (Å²) in [5.74, 6) is 0. The molecule has 0 fully saturated rings. The molecule has 0 spiro atoms. The summed E-state index contributed by atoms with van der Waals surface area (Å²) < 4.78 is 0. The molecule has 1 aliphatic rings. The normalized spacial score (nSPS) is 14.1. The van der Waals surface area contributed by atoms with Crippen LogP contribution in [-0.4, -0.2) is 23.6 Å². The van der Waals surface area contributed by atoms with Crippen LogP contribution in [0, 0.1) is 0 Å². The van der Waals surface area contributed by atoms with Gasteiger partial charge in [-0.1, -0.05) is 30.4 Å². The van der Waals surface area contributed by atoms with E-state index in [4.69, 9.17) is 5.53 Å². The number of hydrogen-bond donors (Lipinski definition) is 0. The summed E-state index contributed by atoms with van der Waals surface area (Å²) in [5, 5.41) is 0. The number of allylic oxidation sites excluding steroid dienone is 2. The van der Waals surface area contributed by atoms with Crippen LogP contribution in [0.25, 0.3) is 5.53 Å². The van der Waals surface area contributed by atoms with Gasteiger partial charge in [0.25, 0.3) is 5.71 Å². The molecule has 3 nitrogen and oxygen atoms in total. The lowest BCUT2D eigenvalue weighted by Gasteiger charge is -2.24. The van der Waals surface area contributed by atoms with Gasteiger partial charge in [0.15, 0.2) is 0 Å². The maximum absolute atomic E-state index is 8.68. The topological polar surface area (TPSA) is 39.6 Å². The van der Waals surface area contributed by atoms with Crippen LogP contribution in [-0.2, 0) is 0 Å². The second kappa shape index (κ2) is 5.99. The summed E-state index contributed by atoms with van der Waals surface area (Å²) in [6.45, 7) is 4.01. The highest BCUT2D eigenvalue weighted by atomic mass is 15.1. The fourth-order valence-electron chi connectivity index (χ4n) is 2.01. The highest BCUT2D eigenvalue weighted by Crippen LogP contribution is 2.16. The zero-order valence-corrected chi connectivity index (χ0v) is 10.6. The van der Waals surface area contributed by atoms with Crippen molar-refractivity contribution in [1.82, 2.24) is 0 Å². The monoisotopic (exact) mass is 239 g/mol. The van der Waals surface area contributed by atoms with Crippen LogP contribution in [0.1, 0.15) is 13.3 Å². The Kier molecular flexibility index (Phi) is 4.11. The van der Waals surface area contributed by atoms with E-state index in [1.165, 1.54) is 11.3 Å².